The van der Waals surface area contributed by atoms with Crippen molar-refractivity contribution in [3.8, 4) is 0 Å². The van der Waals surface area contributed by atoms with Gasteiger partial charge in [-0.15, -0.1) is 0 Å². The molecule has 0 bridgehead atoms. The van der Waals surface area contributed by atoms with Crippen LogP contribution in [0.4, 0.5) is 13.2 Å². The highest BCUT2D eigenvalue weighted by atomic mass is 19.4. The third-order valence-corrected chi connectivity index (χ3v) is 2.16. The first-order chi connectivity index (χ1) is 8.38. The van der Waals surface area contributed by atoms with Gasteiger partial charge in [0.15, 0.2) is 0 Å². The molecule has 0 aliphatic rings. The van der Waals surface area contributed by atoms with E-state index >= 15 is 0 Å². The van der Waals surface area contributed by atoms with Crippen LogP contribution in [0.3, 0.4) is 0 Å². The summed E-state index contributed by atoms with van der Waals surface area (Å²) in [6.45, 7) is -0.245. The second-order valence-corrected chi connectivity index (χ2v) is 3.76. The Morgan fingerprint density at radius 3 is 2.44 bits per heavy atom. The van der Waals surface area contributed by atoms with Gasteiger partial charge in [0.05, 0.1) is 24.7 Å². The van der Waals surface area contributed by atoms with Crippen LogP contribution in [0.2, 0.25) is 0 Å². The monoisotopic (exact) mass is 262 g/mol. The van der Waals surface area contributed by atoms with Crippen LogP contribution in [0, 0.1) is 0 Å². The molecule has 0 fully saturated rings. The molecule has 0 aliphatic heterocycles. The average molecular weight is 262 g/mol. The first-order valence-electron chi connectivity index (χ1n) is 5.35. The van der Waals surface area contributed by atoms with Crippen molar-refractivity contribution in [2.24, 2.45) is 0 Å². The number of rotatable bonds is 5. The number of alkyl halides is 3. The molecule has 0 radical (unpaired) electrons. The predicted molar refractivity (Wildman–Crippen MR) is 58.0 cm³/mol. The average Bonchev–Trinajstić information content (AvgIpc) is 2.27. The van der Waals surface area contributed by atoms with E-state index in [1.807, 2.05) is 0 Å². The van der Waals surface area contributed by atoms with Crippen molar-refractivity contribution >= 4 is 5.97 Å². The Balaban J connectivity index is 2.28. The van der Waals surface area contributed by atoms with Crippen molar-refractivity contribution in [1.29, 1.82) is 0 Å². The van der Waals surface area contributed by atoms with E-state index in [1.165, 1.54) is 12.1 Å². The van der Waals surface area contributed by atoms with Crippen LogP contribution in [0.5, 0.6) is 0 Å². The van der Waals surface area contributed by atoms with E-state index in [4.69, 9.17) is 9.84 Å². The van der Waals surface area contributed by atoms with Gasteiger partial charge >= 0.3 is 12.1 Å². The van der Waals surface area contributed by atoms with Gasteiger partial charge in [-0.2, -0.15) is 13.2 Å². The molecule has 1 atom stereocenters. The zero-order valence-corrected chi connectivity index (χ0v) is 9.48. The highest BCUT2D eigenvalue weighted by Crippen LogP contribution is 2.22. The lowest BCUT2D eigenvalue weighted by Gasteiger charge is -2.13. The zero-order valence-electron chi connectivity index (χ0n) is 9.48. The molecule has 0 heterocycles. The molecular formula is C12H13F3O3. The van der Waals surface area contributed by atoms with Crippen molar-refractivity contribution in [2.45, 2.75) is 25.1 Å². The second kappa shape index (κ2) is 6.39. The van der Waals surface area contributed by atoms with Gasteiger partial charge in [-0.05, 0) is 12.1 Å². The lowest BCUT2D eigenvalue weighted by molar-refractivity contribution is -0.154. The Bertz CT molecular complexity index is 376. The Hall–Kier alpha value is -1.56. The third-order valence-electron chi connectivity index (χ3n) is 2.16. The Labute approximate surface area is 102 Å². The van der Waals surface area contributed by atoms with Crippen molar-refractivity contribution < 1.29 is 27.8 Å². The van der Waals surface area contributed by atoms with Crippen LogP contribution in [0.1, 0.15) is 23.2 Å². The summed E-state index contributed by atoms with van der Waals surface area (Å²) in [5.74, 6) is -0.616. The van der Waals surface area contributed by atoms with Crippen LogP contribution in [0.15, 0.2) is 30.3 Å². The SMILES string of the molecule is O=C(OCCC(O)CC(F)(F)F)c1ccccc1. The summed E-state index contributed by atoms with van der Waals surface area (Å²) in [7, 11) is 0. The van der Waals surface area contributed by atoms with Crippen molar-refractivity contribution in [3.05, 3.63) is 35.9 Å². The summed E-state index contributed by atoms with van der Waals surface area (Å²) in [6.07, 6.45) is -7.50. The number of hydrogen-bond acceptors (Lipinski definition) is 3. The van der Waals surface area contributed by atoms with Gasteiger partial charge in [-0.25, -0.2) is 4.79 Å². The smallest absolute Gasteiger partial charge is 0.391 e. The number of aliphatic hydroxyl groups excluding tert-OH is 1. The lowest BCUT2D eigenvalue weighted by atomic mass is 10.2. The Morgan fingerprint density at radius 1 is 1.28 bits per heavy atom. The quantitative estimate of drug-likeness (QED) is 0.829. The fourth-order valence-electron chi connectivity index (χ4n) is 1.31. The van der Waals surface area contributed by atoms with Gasteiger partial charge in [0.2, 0.25) is 0 Å². The summed E-state index contributed by atoms with van der Waals surface area (Å²) in [6, 6.07) is 8.09. The molecule has 6 heteroatoms. The van der Waals surface area contributed by atoms with Crippen LogP contribution >= 0.6 is 0 Å². The maximum Gasteiger partial charge on any atom is 0.391 e. The number of aliphatic hydroxyl groups is 1. The van der Waals surface area contributed by atoms with E-state index < -0.39 is 24.7 Å². The Kier molecular flexibility index (Phi) is 5.15. The summed E-state index contributed by atoms with van der Waals surface area (Å²) in [4.78, 5) is 11.4. The molecule has 0 saturated carbocycles. The summed E-state index contributed by atoms with van der Waals surface area (Å²) in [5.41, 5.74) is 0.322. The minimum Gasteiger partial charge on any atom is -0.462 e. The van der Waals surface area contributed by atoms with Crippen LogP contribution in [-0.4, -0.2) is 30.0 Å². The third kappa shape index (κ3) is 5.67. The van der Waals surface area contributed by atoms with Crippen LogP contribution < -0.4 is 0 Å². The van der Waals surface area contributed by atoms with E-state index in [9.17, 15) is 18.0 Å². The number of esters is 1. The van der Waals surface area contributed by atoms with E-state index in [0.717, 1.165) is 0 Å². The fourth-order valence-corrected chi connectivity index (χ4v) is 1.31. The number of benzene rings is 1. The standard InChI is InChI=1S/C12H13F3O3/c13-12(14,15)8-10(16)6-7-18-11(17)9-4-2-1-3-5-9/h1-5,10,16H,6-8H2. The highest BCUT2D eigenvalue weighted by Gasteiger charge is 2.30. The van der Waals surface area contributed by atoms with Gasteiger partial charge < -0.3 is 9.84 Å². The van der Waals surface area contributed by atoms with Gasteiger partial charge in [0.25, 0.3) is 0 Å². The lowest BCUT2D eigenvalue weighted by Crippen LogP contribution is -2.21. The summed E-state index contributed by atoms with van der Waals surface area (Å²) >= 11 is 0. The van der Waals surface area contributed by atoms with E-state index in [2.05, 4.69) is 0 Å². The van der Waals surface area contributed by atoms with Gasteiger partial charge in [0.1, 0.15) is 0 Å². The molecule has 0 saturated heterocycles. The van der Waals surface area contributed by atoms with Crippen LogP contribution in [0.25, 0.3) is 0 Å². The molecule has 0 spiro atoms. The number of carbonyl (C=O) groups excluding carboxylic acids is 1. The first-order valence-corrected chi connectivity index (χ1v) is 5.35. The van der Waals surface area contributed by atoms with Crippen molar-refractivity contribution in [2.75, 3.05) is 6.61 Å². The number of hydrogen-bond donors (Lipinski definition) is 1. The fraction of sp³-hybridized carbons (Fsp3) is 0.417. The van der Waals surface area contributed by atoms with E-state index in [1.54, 1.807) is 18.2 Å². The molecule has 0 aliphatic carbocycles. The Morgan fingerprint density at radius 2 is 1.89 bits per heavy atom. The molecule has 18 heavy (non-hydrogen) atoms. The predicted octanol–water partition coefficient (Wildman–Crippen LogP) is 2.55. The van der Waals surface area contributed by atoms with Crippen molar-refractivity contribution in [1.82, 2.24) is 0 Å². The van der Waals surface area contributed by atoms with E-state index in [-0.39, 0.29) is 13.0 Å². The molecule has 1 unspecified atom stereocenters. The molecule has 3 nitrogen and oxygen atoms in total. The minimum atomic E-state index is -4.41. The minimum absolute atomic E-state index is 0.238. The normalized spacial score (nSPS) is 13.1. The van der Waals surface area contributed by atoms with Gasteiger partial charge in [0, 0.05) is 6.42 Å². The molecule has 1 aromatic carbocycles. The zero-order chi connectivity index (χ0) is 13.6. The number of carbonyl (C=O) groups is 1. The molecule has 0 aromatic heterocycles. The van der Waals surface area contributed by atoms with Gasteiger partial charge in [-0.1, -0.05) is 18.2 Å². The molecule has 100 valence electrons. The van der Waals surface area contributed by atoms with Crippen LogP contribution in [-0.2, 0) is 4.74 Å². The molecule has 1 rings (SSSR count). The molecule has 1 aromatic rings. The number of halogens is 3. The van der Waals surface area contributed by atoms with Gasteiger partial charge in [-0.3, -0.25) is 0 Å². The largest absolute Gasteiger partial charge is 0.462 e. The maximum atomic E-state index is 11.9. The molecular weight excluding hydrogens is 249 g/mol. The van der Waals surface area contributed by atoms with Crippen molar-refractivity contribution in [3.63, 3.8) is 0 Å². The maximum absolute atomic E-state index is 11.9. The molecule has 0 amide bonds. The topological polar surface area (TPSA) is 46.5 Å². The summed E-state index contributed by atoms with van der Waals surface area (Å²) < 4.78 is 40.4. The number of ether oxygens (including phenoxy) is 1. The second-order valence-electron chi connectivity index (χ2n) is 3.76. The van der Waals surface area contributed by atoms with E-state index in [0.29, 0.717) is 5.56 Å². The highest BCUT2D eigenvalue weighted by molar-refractivity contribution is 5.89. The molecule has 1 N–H and O–H groups in total. The first kappa shape index (κ1) is 14.5. The summed E-state index contributed by atoms with van der Waals surface area (Å²) in [5, 5.41) is 9.06.